The van der Waals surface area contributed by atoms with E-state index in [9.17, 15) is 5.11 Å². The first kappa shape index (κ1) is 11.1. The van der Waals surface area contributed by atoms with Crippen LogP contribution in [0.4, 0.5) is 0 Å². The van der Waals surface area contributed by atoms with Crippen molar-refractivity contribution < 1.29 is 10.2 Å². The molecule has 0 radical (unpaired) electrons. The van der Waals surface area contributed by atoms with Crippen molar-refractivity contribution in [3.63, 3.8) is 0 Å². The van der Waals surface area contributed by atoms with Gasteiger partial charge < -0.3 is 10.2 Å². The molecule has 0 aromatic heterocycles. The van der Waals surface area contributed by atoms with Crippen molar-refractivity contribution >= 4 is 0 Å². The Labute approximate surface area is 89.4 Å². The van der Waals surface area contributed by atoms with Gasteiger partial charge in [0.1, 0.15) is 11.5 Å². The number of phenolic OH excluding ortho intramolecular Hbond substituents is 2. The van der Waals surface area contributed by atoms with Crippen LogP contribution in [0.15, 0.2) is 48.5 Å². The largest absolute Gasteiger partial charge is 0.508 e. The molecule has 2 aromatic carbocycles. The predicted molar refractivity (Wildman–Crippen MR) is 61.9 cm³/mol. The van der Waals surface area contributed by atoms with Gasteiger partial charge in [-0.1, -0.05) is 37.8 Å². The third-order valence-electron chi connectivity index (χ3n) is 2.07. The normalized spacial score (nSPS) is 9.33. The Hall–Kier alpha value is -1.96. The first-order valence-corrected chi connectivity index (χ1v) is 4.35. The summed E-state index contributed by atoms with van der Waals surface area (Å²) in [6.07, 6.45) is 0. The van der Waals surface area contributed by atoms with Crippen LogP contribution in [0.1, 0.15) is 7.43 Å². The molecular formula is C13H14O2. The molecule has 0 spiro atoms. The molecule has 2 N–H and O–H groups in total. The van der Waals surface area contributed by atoms with Gasteiger partial charge >= 0.3 is 0 Å². The van der Waals surface area contributed by atoms with Gasteiger partial charge in [-0.25, -0.2) is 0 Å². The van der Waals surface area contributed by atoms with Gasteiger partial charge in [0.25, 0.3) is 0 Å². The number of phenols is 2. The zero-order valence-corrected chi connectivity index (χ0v) is 7.51. The second kappa shape index (κ2) is 4.51. The Kier molecular flexibility index (Phi) is 3.34. The Morgan fingerprint density at radius 1 is 0.800 bits per heavy atom. The summed E-state index contributed by atoms with van der Waals surface area (Å²) in [7, 11) is 0. The van der Waals surface area contributed by atoms with E-state index >= 15 is 0 Å². The van der Waals surface area contributed by atoms with Crippen LogP contribution < -0.4 is 0 Å². The summed E-state index contributed by atoms with van der Waals surface area (Å²) in [5.41, 5.74) is 1.66. The van der Waals surface area contributed by atoms with Gasteiger partial charge in [0.2, 0.25) is 0 Å². The molecule has 2 heteroatoms. The number of benzene rings is 2. The number of rotatable bonds is 1. The van der Waals surface area contributed by atoms with Crippen LogP contribution in [0.3, 0.4) is 0 Å². The molecule has 78 valence electrons. The molecule has 0 aliphatic rings. The van der Waals surface area contributed by atoms with Crippen LogP contribution in [-0.2, 0) is 0 Å². The summed E-state index contributed by atoms with van der Waals surface area (Å²) in [5.74, 6) is 0.165. The summed E-state index contributed by atoms with van der Waals surface area (Å²) in [5, 5.41) is 18.7. The fourth-order valence-corrected chi connectivity index (χ4v) is 1.38. The monoisotopic (exact) mass is 202 g/mol. The van der Waals surface area contributed by atoms with Crippen molar-refractivity contribution in [3.8, 4) is 22.6 Å². The lowest BCUT2D eigenvalue weighted by Gasteiger charge is -2.04. The van der Waals surface area contributed by atoms with Gasteiger partial charge in [0.05, 0.1) is 0 Å². The standard InChI is InChI=1S/C12H10O2.CH4/c13-10-6-7-11(12(14)8-10)9-4-2-1-3-5-9;/h1-8,13-14H;1H4. The summed E-state index contributed by atoms with van der Waals surface area (Å²) >= 11 is 0. The van der Waals surface area contributed by atoms with Gasteiger partial charge in [-0.2, -0.15) is 0 Å². The summed E-state index contributed by atoms with van der Waals surface area (Å²) in [6, 6.07) is 14.1. The molecule has 0 saturated heterocycles. The molecule has 2 rings (SSSR count). The van der Waals surface area contributed by atoms with Gasteiger partial charge in [-0.3, -0.25) is 0 Å². The minimum absolute atomic E-state index is 0. The van der Waals surface area contributed by atoms with E-state index in [1.165, 1.54) is 6.07 Å². The molecule has 0 atom stereocenters. The SMILES string of the molecule is C.Oc1ccc(-c2ccccc2)c(O)c1. The molecule has 0 heterocycles. The van der Waals surface area contributed by atoms with E-state index in [4.69, 9.17) is 5.11 Å². The fourth-order valence-electron chi connectivity index (χ4n) is 1.38. The lowest BCUT2D eigenvalue weighted by atomic mass is 10.0. The van der Waals surface area contributed by atoms with E-state index in [1.54, 1.807) is 12.1 Å². The zero-order chi connectivity index (χ0) is 9.97. The predicted octanol–water partition coefficient (Wildman–Crippen LogP) is 3.40. The van der Waals surface area contributed by atoms with Crippen molar-refractivity contribution in [2.45, 2.75) is 7.43 Å². The van der Waals surface area contributed by atoms with Crippen LogP contribution >= 0.6 is 0 Å². The van der Waals surface area contributed by atoms with Crippen molar-refractivity contribution in [3.05, 3.63) is 48.5 Å². The van der Waals surface area contributed by atoms with Crippen molar-refractivity contribution in [2.75, 3.05) is 0 Å². The smallest absolute Gasteiger partial charge is 0.127 e. The Balaban J connectivity index is 0.00000112. The van der Waals surface area contributed by atoms with E-state index in [1.807, 2.05) is 30.3 Å². The quantitative estimate of drug-likeness (QED) is 0.744. The van der Waals surface area contributed by atoms with E-state index in [-0.39, 0.29) is 18.9 Å². The maximum absolute atomic E-state index is 9.58. The Morgan fingerprint density at radius 3 is 2.07 bits per heavy atom. The highest BCUT2D eigenvalue weighted by molar-refractivity contribution is 5.70. The van der Waals surface area contributed by atoms with E-state index < -0.39 is 0 Å². The second-order valence-corrected chi connectivity index (χ2v) is 3.07. The van der Waals surface area contributed by atoms with Crippen molar-refractivity contribution in [1.82, 2.24) is 0 Å². The topological polar surface area (TPSA) is 40.5 Å². The van der Waals surface area contributed by atoms with Crippen molar-refractivity contribution in [2.24, 2.45) is 0 Å². The third kappa shape index (κ3) is 2.29. The fraction of sp³-hybridized carbons (Fsp3) is 0.0769. The van der Waals surface area contributed by atoms with Gasteiger partial charge in [-0.15, -0.1) is 0 Å². The average Bonchev–Trinajstić information content (AvgIpc) is 2.19. The van der Waals surface area contributed by atoms with E-state index in [0.29, 0.717) is 0 Å². The number of hydrogen-bond acceptors (Lipinski definition) is 2. The lowest BCUT2D eigenvalue weighted by Crippen LogP contribution is -1.77. The lowest BCUT2D eigenvalue weighted by molar-refractivity contribution is 0.452. The molecule has 0 saturated carbocycles. The molecule has 15 heavy (non-hydrogen) atoms. The second-order valence-electron chi connectivity index (χ2n) is 3.07. The highest BCUT2D eigenvalue weighted by Crippen LogP contribution is 2.31. The number of hydrogen-bond donors (Lipinski definition) is 2. The van der Waals surface area contributed by atoms with Gasteiger partial charge in [0.15, 0.2) is 0 Å². The Bertz CT molecular complexity index is 436. The first-order chi connectivity index (χ1) is 6.77. The molecule has 0 amide bonds. The molecule has 0 fully saturated rings. The number of aromatic hydroxyl groups is 2. The molecule has 0 unspecified atom stereocenters. The molecule has 2 nitrogen and oxygen atoms in total. The van der Waals surface area contributed by atoms with E-state index in [2.05, 4.69) is 0 Å². The molecular weight excluding hydrogens is 188 g/mol. The maximum atomic E-state index is 9.58. The zero-order valence-electron chi connectivity index (χ0n) is 7.51. The third-order valence-corrected chi connectivity index (χ3v) is 2.07. The van der Waals surface area contributed by atoms with Crippen LogP contribution in [0.5, 0.6) is 11.5 Å². The Morgan fingerprint density at radius 2 is 1.47 bits per heavy atom. The molecule has 2 aromatic rings. The minimum Gasteiger partial charge on any atom is -0.508 e. The summed E-state index contributed by atoms with van der Waals surface area (Å²) < 4.78 is 0. The molecule has 0 aliphatic carbocycles. The molecule has 0 aliphatic heterocycles. The minimum atomic E-state index is 0. The maximum Gasteiger partial charge on any atom is 0.127 e. The van der Waals surface area contributed by atoms with E-state index in [0.717, 1.165) is 11.1 Å². The first-order valence-electron chi connectivity index (χ1n) is 4.35. The van der Waals surface area contributed by atoms with Crippen LogP contribution in [-0.4, -0.2) is 10.2 Å². The highest BCUT2D eigenvalue weighted by atomic mass is 16.3. The molecule has 0 bridgehead atoms. The summed E-state index contributed by atoms with van der Waals surface area (Å²) in [4.78, 5) is 0. The van der Waals surface area contributed by atoms with Gasteiger partial charge in [-0.05, 0) is 17.7 Å². The van der Waals surface area contributed by atoms with Crippen LogP contribution in [0, 0.1) is 0 Å². The van der Waals surface area contributed by atoms with Gasteiger partial charge in [0, 0.05) is 11.6 Å². The highest BCUT2D eigenvalue weighted by Gasteiger charge is 2.03. The average molecular weight is 202 g/mol. The van der Waals surface area contributed by atoms with Crippen LogP contribution in [0.25, 0.3) is 11.1 Å². The van der Waals surface area contributed by atoms with Crippen molar-refractivity contribution in [1.29, 1.82) is 0 Å². The summed E-state index contributed by atoms with van der Waals surface area (Å²) in [6.45, 7) is 0. The van der Waals surface area contributed by atoms with Crippen LogP contribution in [0.2, 0.25) is 0 Å².